The summed E-state index contributed by atoms with van der Waals surface area (Å²) in [7, 11) is 1.63. The van der Waals surface area contributed by atoms with E-state index in [9.17, 15) is 14.9 Å². The number of hydrogen-bond acceptors (Lipinski definition) is 3. The third-order valence-corrected chi connectivity index (χ3v) is 5.78. The molecule has 8 nitrogen and oxygen atoms in total. The quantitative estimate of drug-likeness (QED) is 0.742. The Balaban J connectivity index is 1.46. The van der Waals surface area contributed by atoms with Crippen molar-refractivity contribution in [1.29, 1.82) is 5.26 Å². The van der Waals surface area contributed by atoms with Crippen LogP contribution in [0.1, 0.15) is 36.9 Å². The molecule has 29 heavy (non-hydrogen) atoms. The number of fused-ring (bicyclic) bond motifs is 1. The highest BCUT2D eigenvalue weighted by Crippen LogP contribution is 2.31. The number of carbonyl (C=O) groups excluding carboxylic acids is 2. The third-order valence-electron chi connectivity index (χ3n) is 5.78. The molecule has 2 aromatic rings. The Kier molecular flexibility index (Phi) is 5.30. The number of carbonyl (C=O) groups is 2. The van der Waals surface area contributed by atoms with Crippen LogP contribution in [0.2, 0.25) is 0 Å². The molecule has 1 aliphatic heterocycles. The molecule has 0 spiro atoms. The van der Waals surface area contributed by atoms with Crippen molar-refractivity contribution >= 4 is 23.0 Å². The zero-order valence-corrected chi connectivity index (χ0v) is 16.6. The van der Waals surface area contributed by atoms with Gasteiger partial charge in [-0.15, -0.1) is 0 Å². The third kappa shape index (κ3) is 3.86. The van der Waals surface area contributed by atoms with Gasteiger partial charge in [-0.2, -0.15) is 5.26 Å². The van der Waals surface area contributed by atoms with Crippen LogP contribution in [0.4, 0.5) is 9.59 Å². The maximum absolute atomic E-state index is 13.1. The summed E-state index contributed by atoms with van der Waals surface area (Å²) in [5.74, 6) is 0. The second-order valence-electron chi connectivity index (χ2n) is 7.73. The van der Waals surface area contributed by atoms with Gasteiger partial charge in [-0.1, -0.05) is 18.2 Å². The number of H-pyrrole nitrogens is 1. The van der Waals surface area contributed by atoms with Crippen LogP contribution >= 0.6 is 0 Å². The predicted octanol–water partition coefficient (Wildman–Crippen LogP) is 2.52. The van der Waals surface area contributed by atoms with Crippen molar-refractivity contribution in [3.63, 3.8) is 0 Å². The standard InChI is InChI=1S/C21H26N6O2/c1-23-20(28)26-10-4-5-15(13-26)27(14-8-9-14)21(29)24-12-19-17(11-22)16-6-2-3-7-18(16)25-19/h2-3,6-7,14-15,25H,4-5,8-10,12-13H2,1H3,(H,23,28)(H,24,29). The van der Waals surface area contributed by atoms with Crippen molar-refractivity contribution in [3.05, 3.63) is 35.5 Å². The van der Waals surface area contributed by atoms with Crippen molar-refractivity contribution in [1.82, 2.24) is 25.4 Å². The van der Waals surface area contributed by atoms with Crippen molar-refractivity contribution in [2.45, 2.75) is 44.3 Å². The van der Waals surface area contributed by atoms with E-state index in [0.717, 1.165) is 43.1 Å². The van der Waals surface area contributed by atoms with Crippen molar-refractivity contribution in [3.8, 4) is 6.07 Å². The van der Waals surface area contributed by atoms with Gasteiger partial charge in [-0.05, 0) is 31.7 Å². The fourth-order valence-corrected chi connectivity index (χ4v) is 4.22. The number of aromatic nitrogens is 1. The average molecular weight is 394 g/mol. The Labute approximate surface area is 169 Å². The minimum atomic E-state index is -0.126. The Hall–Kier alpha value is -3.21. The monoisotopic (exact) mass is 394 g/mol. The van der Waals surface area contributed by atoms with Gasteiger partial charge in [0.1, 0.15) is 6.07 Å². The van der Waals surface area contributed by atoms with E-state index in [1.54, 1.807) is 11.9 Å². The average Bonchev–Trinajstić information content (AvgIpc) is 3.51. The van der Waals surface area contributed by atoms with E-state index < -0.39 is 0 Å². The molecule has 1 aliphatic carbocycles. The maximum Gasteiger partial charge on any atom is 0.318 e. The number of para-hydroxylation sites is 1. The Morgan fingerprint density at radius 1 is 1.28 bits per heavy atom. The summed E-state index contributed by atoms with van der Waals surface area (Å²) in [5.41, 5.74) is 2.18. The van der Waals surface area contributed by atoms with E-state index in [-0.39, 0.29) is 30.7 Å². The van der Waals surface area contributed by atoms with E-state index in [4.69, 9.17) is 0 Å². The fraction of sp³-hybridized carbons (Fsp3) is 0.476. The first-order valence-corrected chi connectivity index (χ1v) is 10.1. The number of aromatic amines is 1. The zero-order valence-electron chi connectivity index (χ0n) is 16.6. The van der Waals surface area contributed by atoms with Gasteiger partial charge in [0.25, 0.3) is 0 Å². The van der Waals surface area contributed by atoms with E-state index >= 15 is 0 Å². The molecule has 2 fully saturated rings. The Morgan fingerprint density at radius 2 is 2.07 bits per heavy atom. The number of hydrogen-bond donors (Lipinski definition) is 3. The van der Waals surface area contributed by atoms with Crippen molar-refractivity contribution in [2.75, 3.05) is 20.1 Å². The minimum absolute atomic E-state index is 0.0201. The summed E-state index contributed by atoms with van der Waals surface area (Å²) in [5, 5.41) is 16.1. The second kappa shape index (κ2) is 8.03. The number of likely N-dealkylation sites (tertiary alicyclic amines) is 1. The zero-order chi connectivity index (χ0) is 20.4. The number of amides is 4. The molecule has 4 rings (SSSR count). The number of urea groups is 2. The SMILES string of the molecule is CNC(=O)N1CCCC(N(C(=O)NCc2[nH]c3ccccc3c2C#N)C2CC2)C1. The smallest absolute Gasteiger partial charge is 0.318 e. The Bertz CT molecular complexity index is 958. The molecule has 3 N–H and O–H groups in total. The largest absolute Gasteiger partial charge is 0.356 e. The van der Waals surface area contributed by atoms with Crippen molar-refractivity contribution in [2.24, 2.45) is 0 Å². The number of nitriles is 1. The number of benzene rings is 1. The molecule has 0 bridgehead atoms. The fourth-order valence-electron chi connectivity index (χ4n) is 4.22. The highest BCUT2D eigenvalue weighted by molar-refractivity contribution is 5.87. The number of nitrogens with zero attached hydrogens (tertiary/aromatic N) is 3. The molecule has 1 unspecified atom stereocenters. The molecular weight excluding hydrogens is 368 g/mol. The molecule has 1 atom stereocenters. The van der Waals surface area contributed by atoms with Crippen LogP contribution < -0.4 is 10.6 Å². The highest BCUT2D eigenvalue weighted by Gasteiger charge is 2.39. The van der Waals surface area contributed by atoms with Crippen LogP contribution in [0.3, 0.4) is 0 Å². The van der Waals surface area contributed by atoms with Gasteiger partial charge in [0.15, 0.2) is 0 Å². The maximum atomic E-state index is 13.1. The molecule has 2 heterocycles. The van der Waals surface area contributed by atoms with Gasteiger partial charge in [0.2, 0.25) is 0 Å². The Morgan fingerprint density at radius 3 is 2.79 bits per heavy atom. The molecule has 1 aromatic heterocycles. The molecule has 4 amide bonds. The minimum Gasteiger partial charge on any atom is -0.356 e. The van der Waals surface area contributed by atoms with Gasteiger partial charge in [-0.25, -0.2) is 9.59 Å². The normalized spacial score (nSPS) is 18.9. The first-order valence-electron chi connectivity index (χ1n) is 10.1. The summed E-state index contributed by atoms with van der Waals surface area (Å²) in [6.45, 7) is 1.54. The molecule has 8 heteroatoms. The van der Waals surface area contributed by atoms with Gasteiger partial charge in [0, 0.05) is 37.1 Å². The first kappa shape index (κ1) is 19.1. The van der Waals surface area contributed by atoms with Crippen LogP contribution in [0.15, 0.2) is 24.3 Å². The van der Waals surface area contributed by atoms with Gasteiger partial charge < -0.3 is 25.4 Å². The second-order valence-corrected chi connectivity index (χ2v) is 7.73. The van der Waals surface area contributed by atoms with Crippen LogP contribution in [-0.2, 0) is 6.54 Å². The van der Waals surface area contributed by atoms with Crippen LogP contribution in [0, 0.1) is 11.3 Å². The topological polar surface area (TPSA) is 104 Å². The highest BCUT2D eigenvalue weighted by atomic mass is 16.2. The number of piperidine rings is 1. The van der Waals surface area contributed by atoms with Crippen LogP contribution in [0.25, 0.3) is 10.9 Å². The van der Waals surface area contributed by atoms with E-state index in [1.807, 2.05) is 29.2 Å². The van der Waals surface area contributed by atoms with Gasteiger partial charge in [0.05, 0.1) is 23.8 Å². The number of rotatable bonds is 4. The molecule has 1 aromatic carbocycles. The van der Waals surface area contributed by atoms with E-state index in [1.165, 1.54) is 0 Å². The molecule has 1 saturated heterocycles. The summed E-state index contributed by atoms with van der Waals surface area (Å²) in [6, 6.07) is 9.93. The van der Waals surface area contributed by atoms with Crippen molar-refractivity contribution < 1.29 is 9.59 Å². The van der Waals surface area contributed by atoms with Crippen LogP contribution in [-0.4, -0.2) is 59.1 Å². The van der Waals surface area contributed by atoms with E-state index in [0.29, 0.717) is 17.8 Å². The molecular formula is C21H26N6O2. The summed E-state index contributed by atoms with van der Waals surface area (Å²) < 4.78 is 0. The summed E-state index contributed by atoms with van der Waals surface area (Å²) >= 11 is 0. The van der Waals surface area contributed by atoms with Gasteiger partial charge >= 0.3 is 12.1 Å². The summed E-state index contributed by atoms with van der Waals surface area (Å²) in [4.78, 5) is 32.0. The molecule has 0 radical (unpaired) electrons. The lowest BCUT2D eigenvalue weighted by molar-refractivity contribution is 0.116. The number of nitrogens with one attached hydrogen (secondary N) is 3. The molecule has 2 aliphatic rings. The van der Waals surface area contributed by atoms with E-state index in [2.05, 4.69) is 21.7 Å². The van der Waals surface area contributed by atoms with Gasteiger partial charge in [-0.3, -0.25) is 0 Å². The lowest BCUT2D eigenvalue weighted by Gasteiger charge is -2.39. The summed E-state index contributed by atoms with van der Waals surface area (Å²) in [6.07, 6.45) is 3.78. The first-order chi connectivity index (χ1) is 14.1. The van der Waals surface area contributed by atoms with Crippen LogP contribution in [0.5, 0.6) is 0 Å². The molecule has 152 valence electrons. The lowest BCUT2D eigenvalue weighted by atomic mass is 10.0. The molecule has 1 saturated carbocycles. The predicted molar refractivity (Wildman–Crippen MR) is 109 cm³/mol. The lowest BCUT2D eigenvalue weighted by Crippen LogP contribution is -2.56.